The van der Waals surface area contributed by atoms with Crippen molar-refractivity contribution < 1.29 is 4.79 Å². The Kier molecular flexibility index (Phi) is 10.6. The minimum atomic E-state index is -0.639. The number of hydrogen-bond donors (Lipinski definition) is 3. The average Bonchev–Trinajstić information content (AvgIpc) is 3.31. The summed E-state index contributed by atoms with van der Waals surface area (Å²) in [4.78, 5) is 21.4. The molecule has 1 aliphatic carbocycles. The van der Waals surface area contributed by atoms with Crippen molar-refractivity contribution in [3.63, 3.8) is 0 Å². The Morgan fingerprint density at radius 2 is 1.97 bits per heavy atom. The zero-order valence-corrected chi connectivity index (χ0v) is 23.3. The Morgan fingerprint density at radius 3 is 2.57 bits per heavy atom. The molecule has 1 aromatic carbocycles. The lowest BCUT2D eigenvalue weighted by atomic mass is 9.89. The van der Waals surface area contributed by atoms with Crippen LogP contribution in [0, 0.1) is 16.7 Å². The normalized spacial score (nSPS) is 19.8. The molecule has 2 unspecified atom stereocenters. The number of nitrogens with zero attached hydrogens (tertiary/aromatic N) is 3. The van der Waals surface area contributed by atoms with E-state index in [0.717, 1.165) is 25.0 Å². The molecule has 0 spiro atoms. The molecule has 200 valence electrons. The number of amides is 1. The molecule has 0 bridgehead atoms. The van der Waals surface area contributed by atoms with Crippen LogP contribution in [0.4, 0.5) is 0 Å². The maximum absolute atomic E-state index is 12.8. The van der Waals surface area contributed by atoms with Gasteiger partial charge in [-0.25, -0.2) is 0 Å². The van der Waals surface area contributed by atoms with E-state index in [1.165, 1.54) is 19.3 Å². The Labute approximate surface area is 226 Å². The first-order valence-corrected chi connectivity index (χ1v) is 13.6. The fourth-order valence-corrected chi connectivity index (χ4v) is 4.78. The third-order valence-corrected chi connectivity index (χ3v) is 7.68. The molecule has 1 heterocycles. The number of halogens is 1. The minimum Gasteiger partial charge on any atom is -0.368 e. The Balaban J connectivity index is 1.67. The number of likely N-dealkylation sites (N-methyl/N-ethyl adjacent to an activating group) is 1. The molecule has 1 aliphatic heterocycles. The van der Waals surface area contributed by atoms with Crippen molar-refractivity contribution >= 4 is 34.8 Å². The fraction of sp³-hybridized carbons (Fsp3) is 0.517. The van der Waals surface area contributed by atoms with E-state index in [-0.39, 0.29) is 11.9 Å². The summed E-state index contributed by atoms with van der Waals surface area (Å²) in [7, 11) is 3.81. The molecule has 1 saturated carbocycles. The molecular weight excluding hydrogens is 484 g/mol. The van der Waals surface area contributed by atoms with Gasteiger partial charge in [-0.2, -0.15) is 0 Å². The highest BCUT2D eigenvalue weighted by atomic mass is 35.5. The maximum Gasteiger partial charge on any atom is 0.246 e. The fourth-order valence-electron chi connectivity index (χ4n) is 4.65. The van der Waals surface area contributed by atoms with Gasteiger partial charge in [0.05, 0.1) is 11.6 Å². The van der Waals surface area contributed by atoms with Gasteiger partial charge in [0, 0.05) is 55.6 Å². The highest BCUT2D eigenvalue weighted by Gasteiger charge is 2.31. The minimum absolute atomic E-state index is 0.0123. The van der Waals surface area contributed by atoms with Crippen molar-refractivity contribution in [2.24, 2.45) is 10.9 Å². The van der Waals surface area contributed by atoms with Crippen LogP contribution in [-0.4, -0.2) is 78.8 Å². The second-order valence-electron chi connectivity index (χ2n) is 10.1. The maximum atomic E-state index is 12.8. The number of aliphatic imine (C=N–C) groups is 1. The second-order valence-corrected chi connectivity index (χ2v) is 10.5. The topological polar surface area (TPSA) is 95.6 Å². The van der Waals surface area contributed by atoms with E-state index in [2.05, 4.69) is 29.2 Å². The van der Waals surface area contributed by atoms with Crippen LogP contribution in [0.15, 0.2) is 53.1 Å². The van der Waals surface area contributed by atoms with Gasteiger partial charge in [-0.3, -0.25) is 14.7 Å². The monoisotopic (exact) mass is 524 g/mol. The summed E-state index contributed by atoms with van der Waals surface area (Å²) < 4.78 is 0. The van der Waals surface area contributed by atoms with Crippen molar-refractivity contribution in [1.29, 1.82) is 10.8 Å². The van der Waals surface area contributed by atoms with E-state index in [1.54, 1.807) is 37.4 Å². The summed E-state index contributed by atoms with van der Waals surface area (Å²) in [6, 6.07) is 7.79. The van der Waals surface area contributed by atoms with Gasteiger partial charge in [-0.1, -0.05) is 48.7 Å². The number of carbonyl (C=O) groups excluding carboxylic acids is 1. The van der Waals surface area contributed by atoms with Gasteiger partial charge < -0.3 is 21.0 Å². The lowest BCUT2D eigenvalue weighted by molar-refractivity contribution is -0.125. The number of nitrogens with one attached hydrogen (secondary N) is 3. The number of likely N-dealkylation sites (tertiary alicyclic amines) is 1. The number of rotatable bonds is 11. The van der Waals surface area contributed by atoms with E-state index in [9.17, 15) is 4.79 Å². The molecule has 2 aliphatic rings. The van der Waals surface area contributed by atoms with E-state index in [1.807, 2.05) is 24.0 Å². The predicted octanol–water partition coefficient (Wildman–Crippen LogP) is 4.96. The summed E-state index contributed by atoms with van der Waals surface area (Å²) in [6.45, 7) is 6.07. The van der Waals surface area contributed by atoms with Crippen molar-refractivity contribution in [2.75, 3.05) is 33.7 Å². The van der Waals surface area contributed by atoms with E-state index >= 15 is 0 Å². The molecule has 0 radical (unpaired) electrons. The van der Waals surface area contributed by atoms with Gasteiger partial charge in [-0.05, 0) is 63.4 Å². The van der Waals surface area contributed by atoms with Crippen LogP contribution in [0.1, 0.15) is 51.5 Å². The third kappa shape index (κ3) is 7.86. The molecule has 7 nitrogen and oxygen atoms in total. The van der Waals surface area contributed by atoms with Crippen LogP contribution >= 0.6 is 11.6 Å². The largest absolute Gasteiger partial charge is 0.368 e. The highest BCUT2D eigenvalue weighted by Crippen LogP contribution is 2.23. The lowest BCUT2D eigenvalue weighted by Gasteiger charge is -2.33. The quantitative estimate of drug-likeness (QED) is 0.217. The molecule has 1 aromatic rings. The third-order valence-electron chi connectivity index (χ3n) is 7.43. The highest BCUT2D eigenvalue weighted by molar-refractivity contribution is 6.31. The van der Waals surface area contributed by atoms with E-state index in [4.69, 9.17) is 22.4 Å². The molecule has 2 atom stereocenters. The second kappa shape index (κ2) is 13.7. The van der Waals surface area contributed by atoms with Gasteiger partial charge >= 0.3 is 0 Å². The molecule has 0 aromatic heterocycles. The molecule has 37 heavy (non-hydrogen) atoms. The lowest BCUT2D eigenvalue weighted by Crippen LogP contribution is -2.45. The van der Waals surface area contributed by atoms with Crippen LogP contribution in [0.3, 0.4) is 0 Å². The zero-order chi connectivity index (χ0) is 26.9. The SMILES string of the molecule is CC/C(C)=C/C(=N)C(C(=N)c1ccc(Cl)cc1)C(=NC)NC1CCN(C(=O)C=CCN(C)C2CCC2)C1. The van der Waals surface area contributed by atoms with E-state index < -0.39 is 5.92 Å². The molecule has 8 heteroatoms. The average molecular weight is 525 g/mol. The molecule has 1 amide bonds. The summed E-state index contributed by atoms with van der Waals surface area (Å²) in [5.74, 6) is -0.0394. The van der Waals surface area contributed by atoms with Gasteiger partial charge in [0.1, 0.15) is 5.84 Å². The van der Waals surface area contributed by atoms with Crippen molar-refractivity contribution in [1.82, 2.24) is 15.1 Å². The summed E-state index contributed by atoms with van der Waals surface area (Å²) in [5.41, 5.74) is 2.38. The van der Waals surface area contributed by atoms with Crippen LogP contribution in [-0.2, 0) is 4.79 Å². The summed E-state index contributed by atoms with van der Waals surface area (Å²) >= 11 is 6.06. The number of carbonyl (C=O) groups is 1. The van der Waals surface area contributed by atoms with Crippen LogP contribution in [0.5, 0.6) is 0 Å². The standard InChI is InChI=1S/C29H41ClN6O/c1-5-20(2)18-25(31)27(28(32)21-11-13-22(30)14-12-21)29(33-3)34-23-15-17-36(19-23)26(37)10-7-16-35(4)24-8-6-9-24/h7,10-14,18,23-24,27,31-32H,5-6,8-9,15-17,19H2,1-4H3,(H,33,34)/b10-7?,20-18+,31-25?,32-28?. The Bertz CT molecular complexity index is 1060. The first-order chi connectivity index (χ1) is 17.7. The first-order valence-electron chi connectivity index (χ1n) is 13.2. The first kappa shape index (κ1) is 28.8. The van der Waals surface area contributed by atoms with Crippen molar-refractivity contribution in [3.8, 4) is 0 Å². The van der Waals surface area contributed by atoms with Gasteiger partial charge in [0.25, 0.3) is 0 Å². The molecule has 2 fully saturated rings. The molecule has 3 N–H and O–H groups in total. The van der Waals surface area contributed by atoms with Crippen molar-refractivity contribution in [3.05, 3.63) is 58.7 Å². The number of benzene rings is 1. The van der Waals surface area contributed by atoms with Crippen molar-refractivity contribution in [2.45, 2.75) is 58.0 Å². The van der Waals surface area contributed by atoms with Gasteiger partial charge in [0.2, 0.25) is 5.91 Å². The summed E-state index contributed by atoms with van der Waals surface area (Å²) in [6.07, 6.45) is 10.9. The molecular formula is C29H41ClN6O. The summed E-state index contributed by atoms with van der Waals surface area (Å²) in [5, 5.41) is 21.9. The smallest absolute Gasteiger partial charge is 0.246 e. The number of hydrogen-bond acceptors (Lipinski definition) is 5. The number of allylic oxidation sites excluding steroid dienone is 2. The predicted molar refractivity (Wildman–Crippen MR) is 154 cm³/mol. The van der Waals surface area contributed by atoms with Crippen LogP contribution in [0.25, 0.3) is 0 Å². The zero-order valence-electron chi connectivity index (χ0n) is 22.6. The van der Waals surface area contributed by atoms with E-state index in [0.29, 0.717) is 47.0 Å². The van der Waals surface area contributed by atoms with Gasteiger partial charge in [0.15, 0.2) is 0 Å². The molecule has 1 saturated heterocycles. The van der Waals surface area contributed by atoms with Crippen LogP contribution in [0.2, 0.25) is 5.02 Å². The van der Waals surface area contributed by atoms with Crippen LogP contribution < -0.4 is 5.32 Å². The Morgan fingerprint density at radius 1 is 1.27 bits per heavy atom. The molecule has 3 rings (SSSR count). The number of amidine groups is 1. The van der Waals surface area contributed by atoms with Gasteiger partial charge in [-0.15, -0.1) is 0 Å². The Hall–Kier alpha value is -2.77.